The van der Waals surface area contributed by atoms with E-state index in [2.05, 4.69) is 6.58 Å². The van der Waals surface area contributed by atoms with Crippen molar-refractivity contribution in [1.29, 1.82) is 0 Å². The lowest BCUT2D eigenvalue weighted by Crippen LogP contribution is -2.20. The van der Waals surface area contributed by atoms with Crippen LogP contribution in [0.4, 0.5) is 0 Å². The maximum Gasteiger partial charge on any atom is 0.337 e. The molecule has 0 aliphatic rings. The Balaban J connectivity index is 4.08. The Bertz CT molecular complexity index is 331. The molecule has 0 saturated carbocycles. The van der Waals surface area contributed by atoms with Gasteiger partial charge in [-0.2, -0.15) is 0 Å². The van der Waals surface area contributed by atoms with Crippen LogP contribution in [-0.2, 0) is 19.1 Å². The van der Waals surface area contributed by atoms with Crippen LogP contribution in [0.25, 0.3) is 0 Å². The molecule has 0 fully saturated rings. The minimum absolute atomic E-state index is 0.235. The fourth-order valence-electron chi connectivity index (χ4n) is 0.725. The van der Waals surface area contributed by atoms with Gasteiger partial charge in [0.2, 0.25) is 0 Å². The fourth-order valence-corrected chi connectivity index (χ4v) is 0.725. The van der Waals surface area contributed by atoms with Crippen LogP contribution in [0.3, 0.4) is 0 Å². The third-order valence-electron chi connectivity index (χ3n) is 1.78. The molecule has 0 rings (SSSR count). The van der Waals surface area contributed by atoms with Crippen LogP contribution in [0.5, 0.6) is 0 Å². The highest BCUT2D eigenvalue weighted by atomic mass is 16.5. The smallest absolute Gasteiger partial charge is 0.337 e. The molecule has 5 nitrogen and oxygen atoms in total. The summed E-state index contributed by atoms with van der Waals surface area (Å²) in [7, 11) is 3.76. The Hall–Kier alpha value is -1.62. The van der Waals surface area contributed by atoms with Crippen LogP contribution in [0.15, 0.2) is 24.0 Å². The number of hydrogen-bond donors (Lipinski definition) is 0. The summed E-state index contributed by atoms with van der Waals surface area (Å²) < 4.78 is 9.65. The van der Waals surface area contributed by atoms with Crippen LogP contribution in [-0.4, -0.2) is 44.1 Å². The first-order chi connectivity index (χ1) is 7.84. The SMILES string of the molecule is C=C(C)C(=O)OC=C(C)C(=O)OCCN(C)C. The molecule has 0 aliphatic heterocycles. The van der Waals surface area contributed by atoms with E-state index in [1.54, 1.807) is 0 Å². The monoisotopic (exact) mass is 241 g/mol. The predicted octanol–water partition coefficient (Wildman–Crippen LogP) is 1.11. The molecule has 5 heteroatoms. The number of carbonyl (C=O) groups excluding carboxylic acids is 2. The Morgan fingerprint density at radius 3 is 2.29 bits per heavy atom. The predicted molar refractivity (Wildman–Crippen MR) is 64.2 cm³/mol. The van der Waals surface area contributed by atoms with Crippen molar-refractivity contribution in [3.63, 3.8) is 0 Å². The lowest BCUT2D eigenvalue weighted by molar-refractivity contribution is -0.139. The van der Waals surface area contributed by atoms with Gasteiger partial charge in [0.25, 0.3) is 0 Å². The first kappa shape index (κ1) is 15.4. The van der Waals surface area contributed by atoms with Gasteiger partial charge in [-0.3, -0.25) is 0 Å². The van der Waals surface area contributed by atoms with Gasteiger partial charge in [0.1, 0.15) is 12.9 Å². The van der Waals surface area contributed by atoms with Crippen LogP contribution < -0.4 is 0 Å². The number of likely N-dealkylation sites (N-methyl/N-ethyl adjacent to an activating group) is 1. The highest BCUT2D eigenvalue weighted by molar-refractivity contribution is 5.90. The van der Waals surface area contributed by atoms with Crippen molar-refractivity contribution in [3.8, 4) is 0 Å². The molecule has 0 aliphatic carbocycles. The normalized spacial score (nSPS) is 11.2. The van der Waals surface area contributed by atoms with Crippen molar-refractivity contribution in [2.24, 2.45) is 0 Å². The quantitative estimate of drug-likeness (QED) is 0.396. The Labute approximate surface area is 102 Å². The van der Waals surface area contributed by atoms with Gasteiger partial charge in [0.05, 0.1) is 5.57 Å². The van der Waals surface area contributed by atoms with Gasteiger partial charge in [-0.1, -0.05) is 6.58 Å². The van der Waals surface area contributed by atoms with Crippen molar-refractivity contribution < 1.29 is 19.1 Å². The topological polar surface area (TPSA) is 55.8 Å². The zero-order valence-corrected chi connectivity index (χ0v) is 10.8. The van der Waals surface area contributed by atoms with E-state index in [-0.39, 0.29) is 11.1 Å². The van der Waals surface area contributed by atoms with E-state index in [1.807, 2.05) is 19.0 Å². The number of rotatable bonds is 6. The van der Waals surface area contributed by atoms with Crippen molar-refractivity contribution in [3.05, 3.63) is 24.0 Å². The molecule has 0 aromatic carbocycles. The number of ether oxygens (including phenoxy) is 2. The van der Waals surface area contributed by atoms with Crippen LogP contribution >= 0.6 is 0 Å². The van der Waals surface area contributed by atoms with E-state index >= 15 is 0 Å². The third-order valence-corrected chi connectivity index (χ3v) is 1.78. The molecule has 0 bridgehead atoms. The molecule has 17 heavy (non-hydrogen) atoms. The van der Waals surface area contributed by atoms with Gasteiger partial charge in [-0.05, 0) is 27.9 Å². The molecule has 0 N–H and O–H groups in total. The van der Waals surface area contributed by atoms with Gasteiger partial charge < -0.3 is 14.4 Å². The molecule has 96 valence electrons. The average Bonchev–Trinajstić information content (AvgIpc) is 2.24. The maximum atomic E-state index is 11.4. The number of nitrogens with zero attached hydrogens (tertiary/aromatic N) is 1. The largest absolute Gasteiger partial charge is 0.461 e. The van der Waals surface area contributed by atoms with E-state index < -0.39 is 11.9 Å². The van der Waals surface area contributed by atoms with Gasteiger partial charge >= 0.3 is 11.9 Å². The molecular weight excluding hydrogens is 222 g/mol. The molecule has 0 radical (unpaired) electrons. The highest BCUT2D eigenvalue weighted by Gasteiger charge is 2.08. The van der Waals surface area contributed by atoms with Gasteiger partial charge in [0.15, 0.2) is 0 Å². The van der Waals surface area contributed by atoms with E-state index in [4.69, 9.17) is 9.47 Å². The Kier molecular flexibility index (Phi) is 6.89. The zero-order chi connectivity index (χ0) is 13.4. The second kappa shape index (κ2) is 7.62. The van der Waals surface area contributed by atoms with E-state index in [9.17, 15) is 9.59 Å². The minimum Gasteiger partial charge on any atom is -0.461 e. The van der Waals surface area contributed by atoms with E-state index in [1.165, 1.54) is 13.8 Å². The number of esters is 2. The molecule has 0 unspecified atom stereocenters. The molecule has 0 heterocycles. The second-order valence-corrected chi connectivity index (χ2v) is 3.93. The lowest BCUT2D eigenvalue weighted by atomic mass is 10.3. The molecule has 0 atom stereocenters. The summed E-state index contributed by atoms with van der Waals surface area (Å²) in [5.41, 5.74) is 0.508. The zero-order valence-electron chi connectivity index (χ0n) is 10.8. The standard InChI is InChI=1S/C12H19NO4/c1-9(2)11(14)17-8-10(3)12(15)16-7-6-13(4)5/h8H,1,6-7H2,2-5H3. The van der Waals surface area contributed by atoms with Gasteiger partial charge in [0, 0.05) is 12.1 Å². The number of carbonyl (C=O) groups is 2. The summed E-state index contributed by atoms with van der Waals surface area (Å²) >= 11 is 0. The van der Waals surface area contributed by atoms with E-state index in [0.29, 0.717) is 13.2 Å². The first-order valence-corrected chi connectivity index (χ1v) is 5.19. The molecule has 0 aromatic rings. The summed E-state index contributed by atoms with van der Waals surface area (Å²) in [4.78, 5) is 24.3. The fraction of sp³-hybridized carbons (Fsp3) is 0.500. The summed E-state index contributed by atoms with van der Waals surface area (Å²) in [6.07, 6.45) is 1.08. The first-order valence-electron chi connectivity index (χ1n) is 5.19. The van der Waals surface area contributed by atoms with Crippen molar-refractivity contribution >= 4 is 11.9 Å². The summed E-state index contributed by atoms with van der Waals surface area (Å²) in [5, 5.41) is 0. The van der Waals surface area contributed by atoms with Gasteiger partial charge in [-0.15, -0.1) is 0 Å². The van der Waals surface area contributed by atoms with Crippen molar-refractivity contribution in [2.75, 3.05) is 27.2 Å². The second-order valence-electron chi connectivity index (χ2n) is 3.93. The molecule has 0 saturated heterocycles. The molecular formula is C12H19NO4. The summed E-state index contributed by atoms with van der Waals surface area (Å²) in [5.74, 6) is -1.06. The lowest BCUT2D eigenvalue weighted by Gasteiger charge is -2.09. The van der Waals surface area contributed by atoms with Crippen LogP contribution in [0.1, 0.15) is 13.8 Å². The highest BCUT2D eigenvalue weighted by Crippen LogP contribution is 2.00. The maximum absolute atomic E-state index is 11.4. The van der Waals surface area contributed by atoms with Gasteiger partial charge in [-0.25, -0.2) is 9.59 Å². The minimum atomic E-state index is -0.564. The van der Waals surface area contributed by atoms with Crippen LogP contribution in [0, 0.1) is 0 Å². The van der Waals surface area contributed by atoms with Crippen molar-refractivity contribution in [1.82, 2.24) is 4.90 Å². The number of hydrogen-bond acceptors (Lipinski definition) is 5. The average molecular weight is 241 g/mol. The summed E-state index contributed by atoms with van der Waals surface area (Å²) in [6, 6.07) is 0. The molecule has 0 spiro atoms. The molecule has 0 amide bonds. The van der Waals surface area contributed by atoms with Crippen LogP contribution in [0.2, 0.25) is 0 Å². The molecule has 0 aromatic heterocycles. The summed E-state index contributed by atoms with van der Waals surface area (Å²) in [6.45, 7) is 7.41. The Morgan fingerprint density at radius 2 is 1.82 bits per heavy atom. The Morgan fingerprint density at radius 1 is 1.24 bits per heavy atom. The van der Waals surface area contributed by atoms with E-state index in [0.717, 1.165) is 6.26 Å². The van der Waals surface area contributed by atoms with Crippen molar-refractivity contribution in [2.45, 2.75) is 13.8 Å². The third kappa shape index (κ3) is 7.30.